The van der Waals surface area contributed by atoms with Gasteiger partial charge in [-0.05, 0) is 32.6 Å². The molecule has 92 valence electrons. The minimum Gasteiger partial charge on any atom is -0.480 e. The van der Waals surface area contributed by atoms with Crippen molar-refractivity contribution in [2.75, 3.05) is 0 Å². The number of aromatic nitrogens is 3. The van der Waals surface area contributed by atoms with E-state index < -0.39 is 11.2 Å². The van der Waals surface area contributed by atoms with Gasteiger partial charge in [0, 0.05) is 12.0 Å². The molecule has 1 N–H and O–H groups in total. The quantitative estimate of drug-likeness (QED) is 0.813. The third kappa shape index (κ3) is 2.18. The van der Waals surface area contributed by atoms with Crippen molar-refractivity contribution in [3.63, 3.8) is 0 Å². The third-order valence-corrected chi connectivity index (χ3v) is 4.22. The van der Waals surface area contributed by atoms with Crippen molar-refractivity contribution in [2.45, 2.75) is 55.0 Å². The molecule has 2 saturated carbocycles. The van der Waals surface area contributed by atoms with E-state index in [4.69, 9.17) is 5.11 Å². The standard InChI is InChI=1S/C11H15N3O2S/c1-6(10(15)16)17-11-13-12-9(7-2-3-7)14(11)8-4-5-8/h6-8H,2-5H2,1H3,(H,15,16). The van der Waals surface area contributed by atoms with E-state index in [1.807, 2.05) is 0 Å². The molecule has 0 aliphatic heterocycles. The summed E-state index contributed by atoms with van der Waals surface area (Å²) in [4.78, 5) is 10.9. The molecule has 0 saturated heterocycles. The van der Waals surface area contributed by atoms with Crippen LogP contribution in [0.2, 0.25) is 0 Å². The van der Waals surface area contributed by atoms with E-state index in [0.717, 1.165) is 11.0 Å². The van der Waals surface area contributed by atoms with Crippen LogP contribution in [-0.4, -0.2) is 31.1 Å². The molecule has 0 radical (unpaired) electrons. The maximum Gasteiger partial charge on any atom is 0.316 e. The molecule has 6 heteroatoms. The van der Waals surface area contributed by atoms with Crippen LogP contribution >= 0.6 is 11.8 Å². The number of nitrogens with zero attached hydrogens (tertiary/aromatic N) is 3. The minimum atomic E-state index is -0.798. The molecule has 0 bridgehead atoms. The van der Waals surface area contributed by atoms with Gasteiger partial charge in [0.25, 0.3) is 0 Å². The summed E-state index contributed by atoms with van der Waals surface area (Å²) in [6, 6.07) is 0.518. The number of carboxylic acid groups (broad SMARTS) is 1. The molecule has 2 aliphatic carbocycles. The summed E-state index contributed by atoms with van der Waals surface area (Å²) in [5.41, 5.74) is 0. The van der Waals surface area contributed by atoms with E-state index >= 15 is 0 Å². The maximum atomic E-state index is 10.9. The van der Waals surface area contributed by atoms with Crippen molar-refractivity contribution in [3.8, 4) is 0 Å². The van der Waals surface area contributed by atoms with Gasteiger partial charge < -0.3 is 9.67 Å². The maximum absolute atomic E-state index is 10.9. The van der Waals surface area contributed by atoms with Crippen LogP contribution in [0.25, 0.3) is 0 Å². The predicted octanol–water partition coefficient (Wildman–Crippen LogP) is 2.06. The molecule has 17 heavy (non-hydrogen) atoms. The summed E-state index contributed by atoms with van der Waals surface area (Å²) in [6.45, 7) is 1.69. The fourth-order valence-electron chi connectivity index (χ4n) is 1.87. The van der Waals surface area contributed by atoms with Gasteiger partial charge in [0.1, 0.15) is 11.1 Å². The summed E-state index contributed by atoms with van der Waals surface area (Å²) in [6.07, 6.45) is 4.74. The molecule has 3 rings (SSSR count). The van der Waals surface area contributed by atoms with Gasteiger partial charge in [0.2, 0.25) is 0 Å². The van der Waals surface area contributed by atoms with Gasteiger partial charge in [-0.2, -0.15) is 0 Å². The van der Waals surface area contributed by atoms with Crippen LogP contribution in [0.15, 0.2) is 5.16 Å². The summed E-state index contributed by atoms with van der Waals surface area (Å²) in [7, 11) is 0. The molecule has 5 nitrogen and oxygen atoms in total. The van der Waals surface area contributed by atoms with Crippen molar-refractivity contribution in [3.05, 3.63) is 5.82 Å². The van der Waals surface area contributed by atoms with Gasteiger partial charge in [-0.3, -0.25) is 4.79 Å². The van der Waals surface area contributed by atoms with Gasteiger partial charge in [0.05, 0.1) is 0 Å². The number of carboxylic acids is 1. The average molecular weight is 253 g/mol. The Labute approximate surface area is 104 Å². The number of rotatable bonds is 5. The third-order valence-electron chi connectivity index (χ3n) is 3.18. The monoisotopic (exact) mass is 253 g/mol. The van der Waals surface area contributed by atoms with Crippen LogP contribution in [0.1, 0.15) is 50.4 Å². The van der Waals surface area contributed by atoms with Crippen molar-refractivity contribution in [1.82, 2.24) is 14.8 Å². The van der Waals surface area contributed by atoms with Crippen LogP contribution < -0.4 is 0 Å². The van der Waals surface area contributed by atoms with Crippen molar-refractivity contribution < 1.29 is 9.90 Å². The van der Waals surface area contributed by atoms with Gasteiger partial charge in [-0.15, -0.1) is 10.2 Å². The Hall–Kier alpha value is -1.04. The van der Waals surface area contributed by atoms with Crippen LogP contribution in [0.5, 0.6) is 0 Å². The Kier molecular flexibility index (Phi) is 2.61. The summed E-state index contributed by atoms with van der Waals surface area (Å²) >= 11 is 1.30. The van der Waals surface area contributed by atoms with Crippen LogP contribution in [0, 0.1) is 0 Å². The van der Waals surface area contributed by atoms with Crippen molar-refractivity contribution >= 4 is 17.7 Å². The highest BCUT2D eigenvalue weighted by Crippen LogP contribution is 2.46. The number of hydrogen-bond acceptors (Lipinski definition) is 4. The van der Waals surface area contributed by atoms with E-state index in [0.29, 0.717) is 12.0 Å². The minimum absolute atomic E-state index is 0.469. The van der Waals surface area contributed by atoms with E-state index in [9.17, 15) is 4.79 Å². The smallest absolute Gasteiger partial charge is 0.316 e. The molecule has 2 fully saturated rings. The van der Waals surface area contributed by atoms with E-state index in [1.165, 1.54) is 37.4 Å². The topological polar surface area (TPSA) is 68.0 Å². The zero-order chi connectivity index (χ0) is 12.0. The fourth-order valence-corrected chi connectivity index (χ4v) is 2.73. The van der Waals surface area contributed by atoms with Crippen LogP contribution in [0.3, 0.4) is 0 Å². The first kappa shape index (κ1) is 11.1. The normalized spacial score (nSPS) is 21.5. The Morgan fingerprint density at radius 1 is 1.41 bits per heavy atom. The molecule has 1 aromatic rings. The molecule has 0 amide bonds. The number of hydrogen-bond donors (Lipinski definition) is 1. The second-order valence-corrected chi connectivity index (χ2v) is 6.12. The summed E-state index contributed by atoms with van der Waals surface area (Å²) in [5, 5.41) is 17.7. The fraction of sp³-hybridized carbons (Fsp3) is 0.727. The molecule has 1 atom stereocenters. The largest absolute Gasteiger partial charge is 0.480 e. The average Bonchev–Trinajstić information content (AvgIpc) is 3.18. The lowest BCUT2D eigenvalue weighted by Gasteiger charge is -2.09. The predicted molar refractivity (Wildman–Crippen MR) is 63.2 cm³/mol. The molecular weight excluding hydrogens is 238 g/mol. The molecule has 0 aromatic carbocycles. The Bertz CT molecular complexity index is 452. The van der Waals surface area contributed by atoms with Gasteiger partial charge in [0.15, 0.2) is 5.16 Å². The van der Waals surface area contributed by atoms with E-state index in [-0.39, 0.29) is 0 Å². The molecular formula is C11H15N3O2S. The highest BCUT2D eigenvalue weighted by molar-refractivity contribution is 8.00. The Morgan fingerprint density at radius 2 is 2.12 bits per heavy atom. The summed E-state index contributed by atoms with van der Waals surface area (Å²) in [5.74, 6) is 0.846. The lowest BCUT2D eigenvalue weighted by molar-refractivity contribution is -0.136. The first-order valence-corrected chi connectivity index (χ1v) is 6.89. The molecule has 1 unspecified atom stereocenters. The SMILES string of the molecule is CC(Sc1nnc(C2CC2)n1C1CC1)C(=O)O. The van der Waals surface area contributed by atoms with Crippen LogP contribution in [0.4, 0.5) is 0 Å². The van der Waals surface area contributed by atoms with Gasteiger partial charge in [-0.25, -0.2) is 0 Å². The molecule has 1 aromatic heterocycles. The second kappa shape index (κ2) is 4.01. The second-order valence-electron chi connectivity index (χ2n) is 4.81. The van der Waals surface area contributed by atoms with Crippen LogP contribution in [-0.2, 0) is 4.79 Å². The van der Waals surface area contributed by atoms with Crippen molar-refractivity contribution in [2.24, 2.45) is 0 Å². The molecule has 2 aliphatic rings. The van der Waals surface area contributed by atoms with E-state index in [2.05, 4.69) is 14.8 Å². The first-order valence-electron chi connectivity index (χ1n) is 6.01. The zero-order valence-electron chi connectivity index (χ0n) is 9.67. The molecule has 0 spiro atoms. The zero-order valence-corrected chi connectivity index (χ0v) is 10.5. The number of thioether (sulfide) groups is 1. The highest BCUT2D eigenvalue weighted by Gasteiger charge is 2.36. The highest BCUT2D eigenvalue weighted by atomic mass is 32.2. The lowest BCUT2D eigenvalue weighted by atomic mass is 10.4. The van der Waals surface area contributed by atoms with Crippen molar-refractivity contribution in [1.29, 1.82) is 0 Å². The lowest BCUT2D eigenvalue weighted by Crippen LogP contribution is -2.13. The molecule has 1 heterocycles. The van der Waals surface area contributed by atoms with Gasteiger partial charge in [-0.1, -0.05) is 11.8 Å². The first-order chi connectivity index (χ1) is 8.16. The number of carbonyl (C=O) groups is 1. The summed E-state index contributed by atoms with van der Waals surface area (Å²) < 4.78 is 2.18. The van der Waals surface area contributed by atoms with E-state index in [1.54, 1.807) is 6.92 Å². The number of aliphatic carboxylic acids is 1. The Morgan fingerprint density at radius 3 is 2.65 bits per heavy atom. The van der Waals surface area contributed by atoms with Gasteiger partial charge >= 0.3 is 5.97 Å². The Balaban J connectivity index is 1.85.